The van der Waals surface area contributed by atoms with Crippen LogP contribution >= 0.6 is 0 Å². The number of ether oxygens (including phenoxy) is 1. The van der Waals surface area contributed by atoms with Crippen molar-refractivity contribution in [3.8, 4) is 11.3 Å². The van der Waals surface area contributed by atoms with Gasteiger partial charge in [-0.2, -0.15) is 10.1 Å². The predicted molar refractivity (Wildman–Crippen MR) is 121 cm³/mol. The molecule has 0 spiro atoms. The Bertz CT molecular complexity index is 1420. The molecule has 2 aliphatic heterocycles. The summed E-state index contributed by atoms with van der Waals surface area (Å²) in [5, 5.41) is 4.50. The first-order valence-corrected chi connectivity index (χ1v) is 11.4. The molecule has 1 atom stereocenters. The number of halogens is 2. The quantitative estimate of drug-likeness (QED) is 0.458. The minimum absolute atomic E-state index is 0.159. The fourth-order valence-corrected chi connectivity index (χ4v) is 4.69. The third-order valence-corrected chi connectivity index (χ3v) is 6.58. The molecule has 34 heavy (non-hydrogen) atoms. The SMILES string of the molecule is Cc1nc2nc(N3CCOC(c4cnn5c4CCC5)C3)nc(-c3ccc(F)cc3F)c2nc1C. The lowest BCUT2D eigenvalue weighted by Gasteiger charge is -2.33. The molecule has 0 bridgehead atoms. The van der Waals surface area contributed by atoms with Crippen molar-refractivity contribution >= 4 is 17.1 Å². The topological polar surface area (TPSA) is 81.9 Å². The van der Waals surface area contributed by atoms with E-state index in [1.165, 1.54) is 17.8 Å². The van der Waals surface area contributed by atoms with Crippen molar-refractivity contribution in [2.24, 2.45) is 0 Å². The summed E-state index contributed by atoms with van der Waals surface area (Å²) in [4.78, 5) is 20.6. The second-order valence-corrected chi connectivity index (χ2v) is 8.74. The van der Waals surface area contributed by atoms with Crippen LogP contribution in [-0.4, -0.2) is 49.4 Å². The smallest absolute Gasteiger partial charge is 0.228 e. The number of nitrogens with zero attached hydrogens (tertiary/aromatic N) is 7. The molecule has 1 saturated heterocycles. The van der Waals surface area contributed by atoms with E-state index in [1.54, 1.807) is 0 Å². The van der Waals surface area contributed by atoms with Gasteiger partial charge in [0, 0.05) is 36.0 Å². The van der Waals surface area contributed by atoms with Crippen molar-refractivity contribution in [1.82, 2.24) is 29.7 Å². The molecule has 0 amide bonds. The van der Waals surface area contributed by atoms with E-state index >= 15 is 0 Å². The van der Waals surface area contributed by atoms with Crippen molar-refractivity contribution in [1.29, 1.82) is 0 Å². The van der Waals surface area contributed by atoms with Gasteiger partial charge in [-0.3, -0.25) is 4.68 Å². The zero-order valence-electron chi connectivity index (χ0n) is 18.9. The van der Waals surface area contributed by atoms with Gasteiger partial charge in [0.05, 0.1) is 30.7 Å². The zero-order chi connectivity index (χ0) is 23.4. The predicted octanol–water partition coefficient (Wildman–Crippen LogP) is 3.70. The molecule has 0 aliphatic carbocycles. The number of rotatable bonds is 3. The van der Waals surface area contributed by atoms with Gasteiger partial charge in [-0.15, -0.1) is 0 Å². The molecule has 0 saturated carbocycles. The average molecular weight is 463 g/mol. The minimum atomic E-state index is -0.707. The average Bonchev–Trinajstić information content (AvgIpc) is 3.44. The second kappa shape index (κ2) is 8.05. The van der Waals surface area contributed by atoms with E-state index in [4.69, 9.17) is 14.7 Å². The Kier molecular flexibility index (Phi) is 4.98. The molecule has 1 unspecified atom stereocenters. The molecule has 4 aromatic rings. The van der Waals surface area contributed by atoms with Crippen molar-refractivity contribution in [2.45, 2.75) is 39.3 Å². The van der Waals surface area contributed by atoms with Gasteiger partial charge in [-0.05, 0) is 38.8 Å². The van der Waals surface area contributed by atoms with Crippen molar-refractivity contribution in [3.63, 3.8) is 0 Å². The first-order chi connectivity index (χ1) is 16.5. The van der Waals surface area contributed by atoms with E-state index in [0.717, 1.165) is 36.7 Å². The third kappa shape index (κ3) is 3.49. The Morgan fingerprint density at radius 1 is 1.03 bits per heavy atom. The summed E-state index contributed by atoms with van der Waals surface area (Å²) in [6.45, 7) is 6.23. The largest absolute Gasteiger partial charge is 0.370 e. The number of fused-ring (bicyclic) bond motifs is 2. The Hall–Kier alpha value is -3.53. The number of aryl methyl sites for hydroxylation is 3. The summed E-state index contributed by atoms with van der Waals surface area (Å²) >= 11 is 0. The highest BCUT2D eigenvalue weighted by molar-refractivity contribution is 5.88. The zero-order valence-corrected chi connectivity index (χ0v) is 18.9. The summed E-state index contributed by atoms with van der Waals surface area (Å²) in [5.74, 6) is -0.940. The van der Waals surface area contributed by atoms with Crippen LogP contribution in [0, 0.1) is 25.5 Å². The molecule has 8 nitrogen and oxygen atoms in total. The van der Waals surface area contributed by atoms with Crippen LogP contribution in [0.2, 0.25) is 0 Å². The molecular formula is C24H23F2N7O. The van der Waals surface area contributed by atoms with Crippen LogP contribution in [-0.2, 0) is 17.7 Å². The van der Waals surface area contributed by atoms with Gasteiger partial charge >= 0.3 is 0 Å². The molecule has 10 heteroatoms. The van der Waals surface area contributed by atoms with E-state index in [1.807, 2.05) is 29.6 Å². The van der Waals surface area contributed by atoms with Crippen LogP contribution in [0.5, 0.6) is 0 Å². The van der Waals surface area contributed by atoms with Crippen LogP contribution < -0.4 is 4.90 Å². The standard InChI is InChI=1S/C24H23F2N7O/c1-13-14(2)29-23-22(28-13)21(16-6-5-15(25)10-18(16)26)30-24(31-23)32-8-9-34-20(12-32)17-11-27-33-7-3-4-19(17)33/h5-6,10-11,20H,3-4,7-9,12H2,1-2H3. The Morgan fingerprint density at radius 3 is 2.74 bits per heavy atom. The van der Waals surface area contributed by atoms with E-state index in [2.05, 4.69) is 15.1 Å². The fourth-order valence-electron chi connectivity index (χ4n) is 4.69. The number of aromatic nitrogens is 6. The molecule has 1 fully saturated rings. The normalized spacial score (nSPS) is 18.0. The van der Waals surface area contributed by atoms with E-state index in [9.17, 15) is 8.78 Å². The van der Waals surface area contributed by atoms with Crippen LogP contribution in [0.3, 0.4) is 0 Å². The Labute approximate surface area is 194 Å². The van der Waals surface area contributed by atoms with E-state index in [-0.39, 0.29) is 11.7 Å². The van der Waals surface area contributed by atoms with Gasteiger partial charge in [0.25, 0.3) is 0 Å². The van der Waals surface area contributed by atoms with Gasteiger partial charge in [0.15, 0.2) is 5.65 Å². The molecule has 1 aromatic carbocycles. The highest BCUT2D eigenvalue weighted by Gasteiger charge is 2.30. The number of hydrogen-bond donors (Lipinski definition) is 0. The highest BCUT2D eigenvalue weighted by atomic mass is 19.1. The number of hydrogen-bond acceptors (Lipinski definition) is 7. The lowest BCUT2D eigenvalue weighted by atomic mass is 10.1. The fraction of sp³-hybridized carbons (Fsp3) is 0.375. The maximum absolute atomic E-state index is 14.8. The maximum Gasteiger partial charge on any atom is 0.228 e. The van der Waals surface area contributed by atoms with Gasteiger partial charge < -0.3 is 9.64 Å². The summed E-state index contributed by atoms with van der Waals surface area (Å²) in [5.41, 5.74) is 4.97. The number of benzene rings is 1. The molecule has 2 aliphatic rings. The van der Waals surface area contributed by atoms with Gasteiger partial charge in [0.2, 0.25) is 5.95 Å². The summed E-state index contributed by atoms with van der Waals surface area (Å²) in [6.07, 6.45) is 3.81. The second-order valence-electron chi connectivity index (χ2n) is 8.74. The van der Waals surface area contributed by atoms with Crippen molar-refractivity contribution in [3.05, 3.63) is 58.7 Å². The number of anilines is 1. The maximum atomic E-state index is 14.8. The van der Waals surface area contributed by atoms with Crippen LogP contribution in [0.15, 0.2) is 24.4 Å². The highest BCUT2D eigenvalue weighted by Crippen LogP contribution is 2.33. The molecule has 0 N–H and O–H groups in total. The molecular weight excluding hydrogens is 440 g/mol. The minimum Gasteiger partial charge on any atom is -0.370 e. The van der Waals surface area contributed by atoms with Crippen molar-refractivity contribution < 1.29 is 13.5 Å². The van der Waals surface area contributed by atoms with E-state index in [0.29, 0.717) is 48.2 Å². The summed E-state index contributed by atoms with van der Waals surface area (Å²) in [7, 11) is 0. The number of morpholine rings is 1. The Morgan fingerprint density at radius 2 is 1.88 bits per heavy atom. The summed E-state index contributed by atoms with van der Waals surface area (Å²) < 4.78 is 36.5. The summed E-state index contributed by atoms with van der Waals surface area (Å²) in [6, 6.07) is 3.44. The monoisotopic (exact) mass is 463 g/mol. The molecule has 3 aromatic heterocycles. The van der Waals surface area contributed by atoms with Crippen LogP contribution in [0.4, 0.5) is 14.7 Å². The van der Waals surface area contributed by atoms with Crippen LogP contribution in [0.25, 0.3) is 22.4 Å². The molecule has 5 heterocycles. The lowest BCUT2D eigenvalue weighted by Crippen LogP contribution is -2.39. The van der Waals surface area contributed by atoms with Gasteiger partial charge in [-0.25, -0.2) is 23.7 Å². The van der Waals surface area contributed by atoms with Gasteiger partial charge in [0.1, 0.15) is 28.9 Å². The van der Waals surface area contributed by atoms with E-state index < -0.39 is 11.6 Å². The first kappa shape index (κ1) is 21.0. The molecule has 174 valence electrons. The Balaban J connectivity index is 1.44. The lowest BCUT2D eigenvalue weighted by molar-refractivity contribution is 0.0387. The van der Waals surface area contributed by atoms with Crippen LogP contribution in [0.1, 0.15) is 35.2 Å². The van der Waals surface area contributed by atoms with Crippen molar-refractivity contribution in [2.75, 3.05) is 24.6 Å². The van der Waals surface area contributed by atoms with Gasteiger partial charge in [-0.1, -0.05) is 0 Å². The first-order valence-electron chi connectivity index (χ1n) is 11.4. The molecule has 6 rings (SSSR count). The molecule has 0 radical (unpaired) electrons. The third-order valence-electron chi connectivity index (χ3n) is 6.58.